The second-order valence-electron chi connectivity index (χ2n) is 8.08. The lowest BCUT2D eigenvalue weighted by Gasteiger charge is -2.26. The van der Waals surface area contributed by atoms with Crippen molar-refractivity contribution in [3.8, 4) is 0 Å². The fraction of sp³-hybridized carbons (Fsp3) is 0.591. The van der Waals surface area contributed by atoms with Gasteiger partial charge in [0.15, 0.2) is 11.8 Å². The van der Waals surface area contributed by atoms with Gasteiger partial charge in [0.2, 0.25) is 0 Å². The number of ether oxygens (including phenoxy) is 1. The molecule has 0 spiro atoms. The highest BCUT2D eigenvalue weighted by Crippen LogP contribution is 2.31. The van der Waals surface area contributed by atoms with Crippen molar-refractivity contribution in [3.05, 3.63) is 41.5 Å². The predicted octanol–water partition coefficient (Wildman–Crippen LogP) is 1.75. The molecule has 3 heterocycles. The van der Waals surface area contributed by atoms with Crippen LogP contribution in [0.15, 0.2) is 29.3 Å². The number of aryl methyl sites for hydroxylation is 1. The molecule has 0 bridgehead atoms. The summed E-state index contributed by atoms with van der Waals surface area (Å²) in [7, 11) is 1.67. The van der Waals surface area contributed by atoms with Crippen molar-refractivity contribution >= 4 is 11.6 Å². The van der Waals surface area contributed by atoms with Crippen LogP contribution in [0.25, 0.3) is 0 Å². The molecule has 8 nitrogen and oxygen atoms in total. The van der Waals surface area contributed by atoms with E-state index in [1.54, 1.807) is 7.11 Å². The second kappa shape index (κ2) is 9.47. The van der Waals surface area contributed by atoms with Gasteiger partial charge in [0.05, 0.1) is 13.1 Å². The Labute approximate surface area is 178 Å². The minimum atomic E-state index is 0.291. The number of nitrogens with zero attached hydrogens (tertiary/aromatic N) is 5. The number of aliphatic imine (C=N–C) groups is 1. The lowest BCUT2D eigenvalue weighted by molar-refractivity contribution is 0.177. The number of benzene rings is 1. The summed E-state index contributed by atoms with van der Waals surface area (Å²) < 4.78 is 7.16. The van der Waals surface area contributed by atoms with Crippen LogP contribution in [0.2, 0.25) is 0 Å². The quantitative estimate of drug-likeness (QED) is 0.534. The lowest BCUT2D eigenvalue weighted by atomic mass is 10.1. The van der Waals surface area contributed by atoms with Crippen molar-refractivity contribution in [2.75, 3.05) is 31.6 Å². The molecule has 2 aliphatic rings. The van der Waals surface area contributed by atoms with Crippen LogP contribution >= 0.6 is 0 Å². The Hall–Kier alpha value is -2.61. The molecule has 0 saturated heterocycles. The van der Waals surface area contributed by atoms with E-state index >= 15 is 0 Å². The fourth-order valence-electron chi connectivity index (χ4n) is 4.42. The molecule has 4 rings (SSSR count). The second-order valence-corrected chi connectivity index (χ2v) is 8.08. The molecular weight excluding hydrogens is 378 g/mol. The van der Waals surface area contributed by atoms with Gasteiger partial charge in [-0.05, 0) is 38.3 Å². The summed E-state index contributed by atoms with van der Waals surface area (Å²) in [5.74, 6) is 2.68. The number of guanidine groups is 1. The summed E-state index contributed by atoms with van der Waals surface area (Å²) in [6.45, 7) is 8.17. The van der Waals surface area contributed by atoms with Crippen LogP contribution in [0.1, 0.15) is 37.5 Å². The Kier molecular flexibility index (Phi) is 6.52. The Bertz CT molecular complexity index is 878. The van der Waals surface area contributed by atoms with Crippen molar-refractivity contribution < 1.29 is 4.74 Å². The van der Waals surface area contributed by atoms with Crippen LogP contribution in [0, 0.1) is 0 Å². The highest BCUT2D eigenvalue weighted by molar-refractivity contribution is 5.80. The average molecular weight is 412 g/mol. The lowest BCUT2D eigenvalue weighted by Crippen LogP contribution is -2.47. The average Bonchev–Trinajstić information content (AvgIpc) is 3.28. The number of fused-ring (bicyclic) bond motifs is 2. The van der Waals surface area contributed by atoms with E-state index in [4.69, 9.17) is 9.73 Å². The molecule has 1 aromatic heterocycles. The van der Waals surface area contributed by atoms with E-state index in [2.05, 4.69) is 63.7 Å². The fourth-order valence-corrected chi connectivity index (χ4v) is 4.42. The van der Waals surface area contributed by atoms with Crippen LogP contribution in [-0.2, 0) is 30.7 Å². The maximum Gasteiger partial charge on any atom is 0.191 e. The van der Waals surface area contributed by atoms with Crippen LogP contribution < -0.4 is 15.5 Å². The highest BCUT2D eigenvalue weighted by atomic mass is 16.5. The number of hydrogen-bond donors (Lipinski definition) is 2. The predicted molar refractivity (Wildman–Crippen MR) is 119 cm³/mol. The molecule has 2 aromatic rings. The number of methoxy groups -OCH3 is 1. The van der Waals surface area contributed by atoms with Crippen molar-refractivity contribution in [2.45, 2.75) is 58.3 Å². The molecule has 0 fully saturated rings. The van der Waals surface area contributed by atoms with Gasteiger partial charge in [-0.15, -0.1) is 0 Å². The summed E-state index contributed by atoms with van der Waals surface area (Å²) >= 11 is 0. The van der Waals surface area contributed by atoms with Crippen molar-refractivity contribution in [3.63, 3.8) is 0 Å². The van der Waals surface area contributed by atoms with Gasteiger partial charge in [0.1, 0.15) is 12.4 Å². The van der Waals surface area contributed by atoms with E-state index < -0.39 is 0 Å². The zero-order chi connectivity index (χ0) is 20.9. The van der Waals surface area contributed by atoms with Crippen LogP contribution in [0.3, 0.4) is 0 Å². The normalized spacial score (nSPS) is 20.8. The van der Waals surface area contributed by atoms with Gasteiger partial charge in [-0.25, -0.2) is 9.67 Å². The molecular formula is C22H33N7O. The van der Waals surface area contributed by atoms with Crippen molar-refractivity contribution in [2.24, 2.45) is 4.99 Å². The SMILES string of the molecule is CCNC(=NCCN1c2ccccc2CC1C)NC1CCc2nc(COC)nn2C1. The Morgan fingerprint density at radius 1 is 1.33 bits per heavy atom. The molecule has 30 heavy (non-hydrogen) atoms. The topological polar surface area (TPSA) is 79.6 Å². The summed E-state index contributed by atoms with van der Waals surface area (Å²) in [6, 6.07) is 9.53. The number of aromatic nitrogens is 3. The first-order chi connectivity index (χ1) is 14.7. The summed E-state index contributed by atoms with van der Waals surface area (Å²) in [5.41, 5.74) is 2.80. The van der Waals surface area contributed by atoms with Gasteiger partial charge in [-0.2, -0.15) is 5.10 Å². The van der Waals surface area contributed by atoms with E-state index in [1.807, 2.05) is 4.68 Å². The molecule has 1 aromatic carbocycles. The first kappa shape index (κ1) is 20.7. The van der Waals surface area contributed by atoms with Gasteiger partial charge >= 0.3 is 0 Å². The van der Waals surface area contributed by atoms with E-state index in [9.17, 15) is 0 Å². The maximum atomic E-state index is 5.16. The highest BCUT2D eigenvalue weighted by Gasteiger charge is 2.25. The Morgan fingerprint density at radius 2 is 2.20 bits per heavy atom. The Balaban J connectivity index is 1.35. The monoisotopic (exact) mass is 411 g/mol. The summed E-state index contributed by atoms with van der Waals surface area (Å²) in [6.07, 6.45) is 3.05. The van der Waals surface area contributed by atoms with Gasteiger partial charge in [0.25, 0.3) is 0 Å². The first-order valence-electron chi connectivity index (χ1n) is 11.0. The number of hydrogen-bond acceptors (Lipinski definition) is 5. The van der Waals surface area contributed by atoms with Crippen LogP contribution in [-0.4, -0.2) is 59.6 Å². The first-order valence-corrected chi connectivity index (χ1v) is 11.0. The molecule has 2 atom stereocenters. The zero-order valence-electron chi connectivity index (χ0n) is 18.3. The third-order valence-electron chi connectivity index (χ3n) is 5.82. The molecule has 0 aliphatic carbocycles. The number of anilines is 1. The Morgan fingerprint density at radius 3 is 3.03 bits per heavy atom. The molecule has 0 amide bonds. The van der Waals surface area contributed by atoms with Gasteiger partial charge in [0, 0.05) is 44.4 Å². The molecule has 0 radical (unpaired) electrons. The third-order valence-corrected chi connectivity index (χ3v) is 5.82. The number of rotatable bonds is 7. The minimum absolute atomic E-state index is 0.291. The van der Waals surface area contributed by atoms with Gasteiger partial charge in [-0.1, -0.05) is 18.2 Å². The van der Waals surface area contributed by atoms with Crippen molar-refractivity contribution in [1.29, 1.82) is 0 Å². The molecule has 2 N–H and O–H groups in total. The summed E-state index contributed by atoms with van der Waals surface area (Å²) in [5, 5.41) is 11.5. The standard InChI is InChI=1S/C22H33N7O/c1-4-23-22(24-11-12-28-16(2)13-17-7-5-6-8-19(17)28)25-18-9-10-21-26-20(15-30-3)27-29(21)14-18/h5-8,16,18H,4,9-15H2,1-3H3,(H2,23,24,25). The summed E-state index contributed by atoms with van der Waals surface area (Å²) in [4.78, 5) is 11.9. The van der Waals surface area contributed by atoms with Gasteiger partial charge in [-0.3, -0.25) is 4.99 Å². The maximum absolute atomic E-state index is 5.16. The van der Waals surface area contributed by atoms with E-state index in [-0.39, 0.29) is 0 Å². The number of para-hydroxylation sites is 1. The van der Waals surface area contributed by atoms with Crippen LogP contribution in [0.4, 0.5) is 5.69 Å². The zero-order valence-corrected chi connectivity index (χ0v) is 18.3. The molecule has 8 heteroatoms. The minimum Gasteiger partial charge on any atom is -0.377 e. The van der Waals surface area contributed by atoms with Crippen LogP contribution in [0.5, 0.6) is 0 Å². The van der Waals surface area contributed by atoms with E-state index in [0.29, 0.717) is 18.7 Å². The van der Waals surface area contributed by atoms with E-state index in [1.165, 1.54) is 11.3 Å². The molecule has 2 aliphatic heterocycles. The molecule has 0 saturated carbocycles. The largest absolute Gasteiger partial charge is 0.377 e. The number of nitrogens with one attached hydrogen (secondary N) is 2. The smallest absolute Gasteiger partial charge is 0.191 e. The van der Waals surface area contributed by atoms with E-state index in [0.717, 1.165) is 63.0 Å². The van der Waals surface area contributed by atoms with Crippen molar-refractivity contribution in [1.82, 2.24) is 25.4 Å². The molecule has 162 valence electrons. The van der Waals surface area contributed by atoms with Gasteiger partial charge < -0.3 is 20.3 Å². The molecule has 2 unspecified atom stereocenters. The third kappa shape index (κ3) is 4.59.